The van der Waals surface area contributed by atoms with E-state index in [-0.39, 0.29) is 5.41 Å². The minimum absolute atomic E-state index is 0.0558. The molecule has 5 aliphatic carbocycles. The van der Waals surface area contributed by atoms with Crippen LogP contribution >= 0.6 is 0 Å². The second kappa shape index (κ2) is 10.8. The molecule has 7 aromatic rings. The number of rotatable bonds is 4. The van der Waals surface area contributed by atoms with E-state index in [9.17, 15) is 0 Å². The molecule has 6 aromatic carbocycles. The van der Waals surface area contributed by atoms with Gasteiger partial charge in [-0.05, 0) is 118 Å². The standard InChI is InChI=1S/C47H37N3/c1-3-11-31(12-4-1)33-17-9-18-36(26-33)45-48-44(32-13-5-2-6-14-32)49-46(50-45)39-19-10-20-41-43(39)40-27-34-15-7-8-16-35(34)28-42(40)47(41)37-22-29-21-30(24-37)25-38(47)23-29/h1-20,26-30,37-38H,21-25H2. The molecule has 0 aliphatic heterocycles. The van der Waals surface area contributed by atoms with Gasteiger partial charge in [0.2, 0.25) is 0 Å². The van der Waals surface area contributed by atoms with Gasteiger partial charge in [0.25, 0.3) is 0 Å². The van der Waals surface area contributed by atoms with Gasteiger partial charge in [0.05, 0.1) is 0 Å². The zero-order valence-corrected chi connectivity index (χ0v) is 28.0. The first kappa shape index (κ1) is 28.4. The fourth-order valence-corrected chi connectivity index (χ4v) is 10.9. The fourth-order valence-electron chi connectivity index (χ4n) is 10.9. The first-order valence-electron chi connectivity index (χ1n) is 18.4. The van der Waals surface area contributed by atoms with Crippen LogP contribution in [0.25, 0.3) is 67.2 Å². The van der Waals surface area contributed by atoms with Crippen LogP contribution in [0.2, 0.25) is 0 Å². The topological polar surface area (TPSA) is 38.7 Å². The summed E-state index contributed by atoms with van der Waals surface area (Å²) in [7, 11) is 0. The first-order valence-corrected chi connectivity index (χ1v) is 18.4. The average molecular weight is 644 g/mol. The van der Waals surface area contributed by atoms with Gasteiger partial charge < -0.3 is 0 Å². The molecule has 0 radical (unpaired) electrons. The van der Waals surface area contributed by atoms with Crippen LogP contribution in [0.4, 0.5) is 0 Å². The Morgan fingerprint density at radius 3 is 1.68 bits per heavy atom. The van der Waals surface area contributed by atoms with E-state index in [2.05, 4.69) is 133 Å². The minimum Gasteiger partial charge on any atom is -0.208 e. The Bertz CT molecular complexity index is 2420. The summed E-state index contributed by atoms with van der Waals surface area (Å²) in [6.07, 6.45) is 6.87. The van der Waals surface area contributed by atoms with Crippen LogP contribution in [-0.2, 0) is 5.41 Å². The third-order valence-electron chi connectivity index (χ3n) is 12.7. The van der Waals surface area contributed by atoms with Crippen molar-refractivity contribution in [3.05, 3.63) is 151 Å². The van der Waals surface area contributed by atoms with Gasteiger partial charge in [0.1, 0.15) is 0 Å². The van der Waals surface area contributed by atoms with Crippen molar-refractivity contribution in [1.82, 2.24) is 15.0 Å². The third kappa shape index (κ3) is 4.13. The Kier molecular flexibility index (Phi) is 6.14. The van der Waals surface area contributed by atoms with Crippen molar-refractivity contribution in [1.29, 1.82) is 0 Å². The van der Waals surface area contributed by atoms with E-state index in [4.69, 9.17) is 15.0 Å². The molecular formula is C47H37N3. The highest BCUT2D eigenvalue weighted by atomic mass is 15.0. The van der Waals surface area contributed by atoms with Crippen LogP contribution in [0.5, 0.6) is 0 Å². The van der Waals surface area contributed by atoms with Gasteiger partial charge in [0, 0.05) is 22.1 Å². The fraction of sp³-hybridized carbons (Fsp3) is 0.213. The summed E-state index contributed by atoms with van der Waals surface area (Å²) >= 11 is 0. The number of hydrogen-bond donors (Lipinski definition) is 0. The Labute approximate surface area is 293 Å². The van der Waals surface area contributed by atoms with Crippen LogP contribution < -0.4 is 0 Å². The molecule has 4 fully saturated rings. The normalized spacial score (nSPS) is 24.1. The van der Waals surface area contributed by atoms with Crippen LogP contribution in [0.15, 0.2) is 140 Å². The smallest absolute Gasteiger partial charge is 0.164 e. The summed E-state index contributed by atoms with van der Waals surface area (Å²) in [6, 6.07) is 50.5. The molecule has 3 heteroatoms. The van der Waals surface area contributed by atoms with Crippen molar-refractivity contribution >= 4 is 10.8 Å². The Morgan fingerprint density at radius 1 is 0.400 bits per heavy atom. The highest BCUT2D eigenvalue weighted by Crippen LogP contribution is 2.70. The maximum absolute atomic E-state index is 5.35. The molecule has 0 atom stereocenters. The number of benzene rings is 6. The maximum atomic E-state index is 5.35. The van der Waals surface area contributed by atoms with Crippen molar-refractivity contribution in [3.8, 4) is 56.4 Å². The lowest BCUT2D eigenvalue weighted by molar-refractivity contribution is -0.0398. The largest absolute Gasteiger partial charge is 0.208 e. The molecule has 50 heavy (non-hydrogen) atoms. The second-order valence-electron chi connectivity index (χ2n) is 15.3. The highest BCUT2D eigenvalue weighted by Gasteiger charge is 2.61. The van der Waals surface area contributed by atoms with Gasteiger partial charge >= 0.3 is 0 Å². The van der Waals surface area contributed by atoms with Crippen LogP contribution in [0.1, 0.15) is 43.2 Å². The van der Waals surface area contributed by atoms with Gasteiger partial charge in [-0.1, -0.05) is 121 Å². The predicted molar refractivity (Wildman–Crippen MR) is 202 cm³/mol. The van der Waals surface area contributed by atoms with Crippen LogP contribution in [-0.4, -0.2) is 15.0 Å². The van der Waals surface area contributed by atoms with Gasteiger partial charge in [0.15, 0.2) is 17.5 Å². The third-order valence-corrected chi connectivity index (χ3v) is 12.7. The molecule has 240 valence electrons. The molecule has 4 bridgehead atoms. The van der Waals surface area contributed by atoms with Crippen molar-refractivity contribution in [2.24, 2.45) is 23.7 Å². The minimum atomic E-state index is 0.0558. The lowest BCUT2D eigenvalue weighted by atomic mass is 9.43. The number of aromatic nitrogens is 3. The molecule has 5 aliphatic rings. The molecular weight excluding hydrogens is 607 g/mol. The summed E-state index contributed by atoms with van der Waals surface area (Å²) < 4.78 is 0. The highest BCUT2D eigenvalue weighted by molar-refractivity contribution is 5.98. The van der Waals surface area contributed by atoms with Gasteiger partial charge in [-0.15, -0.1) is 0 Å². The van der Waals surface area contributed by atoms with E-state index in [1.807, 2.05) is 6.07 Å². The molecule has 12 rings (SSSR count). The van der Waals surface area contributed by atoms with E-state index in [0.29, 0.717) is 23.5 Å². The summed E-state index contributed by atoms with van der Waals surface area (Å²) in [4.78, 5) is 15.8. The maximum Gasteiger partial charge on any atom is 0.164 e. The van der Waals surface area contributed by atoms with E-state index >= 15 is 0 Å². The van der Waals surface area contributed by atoms with Gasteiger partial charge in [-0.2, -0.15) is 0 Å². The van der Waals surface area contributed by atoms with Gasteiger partial charge in [-0.3, -0.25) is 0 Å². The quantitative estimate of drug-likeness (QED) is 0.192. The summed E-state index contributed by atoms with van der Waals surface area (Å²) in [5, 5.41) is 2.65. The Balaban J connectivity index is 1.16. The van der Waals surface area contributed by atoms with E-state index in [1.165, 1.54) is 65.1 Å². The van der Waals surface area contributed by atoms with Crippen molar-refractivity contribution in [3.63, 3.8) is 0 Å². The molecule has 0 N–H and O–H groups in total. The molecule has 0 unspecified atom stereocenters. The molecule has 1 aromatic heterocycles. The lowest BCUT2D eigenvalue weighted by Crippen LogP contribution is -2.55. The second-order valence-corrected chi connectivity index (χ2v) is 15.3. The van der Waals surface area contributed by atoms with Crippen LogP contribution in [0.3, 0.4) is 0 Å². The number of hydrogen-bond acceptors (Lipinski definition) is 3. The monoisotopic (exact) mass is 643 g/mol. The summed E-state index contributed by atoms with van der Waals surface area (Å²) in [6.45, 7) is 0. The summed E-state index contributed by atoms with van der Waals surface area (Å²) in [5.74, 6) is 5.31. The predicted octanol–water partition coefficient (Wildman–Crippen LogP) is 11.4. The number of nitrogens with zero attached hydrogens (tertiary/aromatic N) is 3. The molecule has 3 nitrogen and oxygen atoms in total. The zero-order chi connectivity index (χ0) is 32.8. The summed E-state index contributed by atoms with van der Waals surface area (Å²) in [5.41, 5.74) is 11.3. The average Bonchev–Trinajstić information content (AvgIpc) is 3.46. The Morgan fingerprint density at radius 2 is 0.960 bits per heavy atom. The zero-order valence-electron chi connectivity index (χ0n) is 28.0. The molecule has 4 saturated carbocycles. The van der Waals surface area contributed by atoms with Crippen molar-refractivity contribution < 1.29 is 0 Å². The molecule has 0 amide bonds. The van der Waals surface area contributed by atoms with Crippen molar-refractivity contribution in [2.75, 3.05) is 0 Å². The van der Waals surface area contributed by atoms with Gasteiger partial charge in [-0.25, -0.2) is 15.0 Å². The molecule has 1 heterocycles. The van der Waals surface area contributed by atoms with E-state index in [1.54, 1.807) is 5.56 Å². The van der Waals surface area contributed by atoms with E-state index < -0.39 is 0 Å². The lowest BCUT2D eigenvalue weighted by Gasteiger charge is -2.61. The van der Waals surface area contributed by atoms with E-state index in [0.717, 1.165) is 39.9 Å². The van der Waals surface area contributed by atoms with Crippen LogP contribution in [0, 0.1) is 23.7 Å². The molecule has 1 spiro atoms. The number of fused-ring (bicyclic) bond motifs is 4. The van der Waals surface area contributed by atoms with Crippen molar-refractivity contribution in [2.45, 2.75) is 37.5 Å². The Hall–Kier alpha value is -5.41. The SMILES string of the molecule is c1ccc(-c2cccc(-c3nc(-c4ccccc4)nc(-c4cccc5c4-c4cc6ccccc6cc4C54C5CC6CC(C5)CC4C6)n3)c2)cc1. The first-order chi connectivity index (χ1) is 24.7. The molecule has 0 saturated heterocycles.